The minimum absolute atomic E-state index is 0.558. The van der Waals surface area contributed by atoms with Crippen molar-refractivity contribution < 1.29 is 0 Å². The lowest BCUT2D eigenvalue weighted by Gasteiger charge is -2.10. The van der Waals surface area contributed by atoms with Gasteiger partial charge in [-0.3, -0.25) is 0 Å². The van der Waals surface area contributed by atoms with Crippen LogP contribution in [0.4, 0.5) is 0 Å². The van der Waals surface area contributed by atoms with E-state index in [4.69, 9.17) is 4.98 Å². The van der Waals surface area contributed by atoms with E-state index < -0.39 is 0 Å². The number of aryl methyl sites for hydroxylation is 2. The molecule has 0 radical (unpaired) electrons. The van der Waals surface area contributed by atoms with Gasteiger partial charge in [0.05, 0.1) is 11.4 Å². The highest BCUT2D eigenvalue weighted by atomic mass is 14.7. The molecule has 0 saturated carbocycles. The predicted octanol–water partition coefficient (Wildman–Crippen LogP) is 5.96. The first-order chi connectivity index (χ1) is 9.45. The number of unbranched alkanes of at least 4 members (excludes halogenated alkanes) is 2. The van der Waals surface area contributed by atoms with Crippen molar-refractivity contribution in [3.63, 3.8) is 0 Å². The fourth-order valence-corrected chi connectivity index (χ4v) is 2.23. The van der Waals surface area contributed by atoms with E-state index in [1.165, 1.54) is 29.5 Å². The Morgan fingerprint density at radius 2 is 1.95 bits per heavy atom. The van der Waals surface area contributed by atoms with Crippen molar-refractivity contribution in [1.29, 1.82) is 0 Å². The average Bonchev–Trinajstić information content (AvgIpc) is 2.37. The molecular formula is C19H29N. The second-order valence-electron chi connectivity index (χ2n) is 5.99. The van der Waals surface area contributed by atoms with Crippen molar-refractivity contribution in [2.75, 3.05) is 0 Å². The van der Waals surface area contributed by atoms with Gasteiger partial charge in [-0.2, -0.15) is 0 Å². The number of hydrogen-bond donors (Lipinski definition) is 0. The molecule has 1 aromatic heterocycles. The standard InChI is InChI=1S/C19H29N/c1-7-8-9-10-15(4)19-17(6)13-16(5)18(20-19)12-11-14(2)3/h10-14H,7-9H2,1-6H3/b12-11-,15-10+. The summed E-state index contributed by atoms with van der Waals surface area (Å²) in [6.07, 6.45) is 10.3. The molecule has 0 aliphatic rings. The summed E-state index contributed by atoms with van der Waals surface area (Å²) in [5.41, 5.74) is 6.08. The largest absolute Gasteiger partial charge is 0.248 e. The molecule has 1 nitrogen and oxygen atoms in total. The molecule has 1 heterocycles. The van der Waals surface area contributed by atoms with Crippen molar-refractivity contribution in [2.24, 2.45) is 5.92 Å². The molecule has 0 aliphatic heterocycles. The summed E-state index contributed by atoms with van der Waals surface area (Å²) in [4.78, 5) is 4.87. The first-order valence-corrected chi connectivity index (χ1v) is 7.79. The van der Waals surface area contributed by atoms with E-state index in [0.29, 0.717) is 5.92 Å². The number of hydrogen-bond acceptors (Lipinski definition) is 1. The Labute approximate surface area is 124 Å². The van der Waals surface area contributed by atoms with Gasteiger partial charge in [0.1, 0.15) is 0 Å². The summed E-state index contributed by atoms with van der Waals surface area (Å²) in [5.74, 6) is 0.558. The highest BCUT2D eigenvalue weighted by Crippen LogP contribution is 2.21. The highest BCUT2D eigenvalue weighted by molar-refractivity contribution is 5.65. The summed E-state index contributed by atoms with van der Waals surface area (Å²) < 4.78 is 0. The Morgan fingerprint density at radius 1 is 1.25 bits per heavy atom. The molecule has 0 spiro atoms. The quantitative estimate of drug-likeness (QED) is 0.582. The van der Waals surface area contributed by atoms with E-state index in [2.05, 4.69) is 65.8 Å². The molecule has 0 aliphatic carbocycles. The maximum atomic E-state index is 4.87. The highest BCUT2D eigenvalue weighted by Gasteiger charge is 2.06. The van der Waals surface area contributed by atoms with E-state index in [-0.39, 0.29) is 0 Å². The van der Waals surface area contributed by atoms with E-state index >= 15 is 0 Å². The minimum atomic E-state index is 0.558. The lowest BCUT2D eigenvalue weighted by atomic mass is 10.0. The first kappa shape index (κ1) is 16.7. The number of allylic oxidation sites excluding steroid dienone is 3. The lowest BCUT2D eigenvalue weighted by Crippen LogP contribution is -1.97. The smallest absolute Gasteiger partial charge is 0.0692 e. The number of rotatable bonds is 6. The summed E-state index contributed by atoms with van der Waals surface area (Å²) >= 11 is 0. The molecule has 0 saturated heterocycles. The van der Waals surface area contributed by atoms with Crippen LogP contribution in [-0.2, 0) is 0 Å². The van der Waals surface area contributed by atoms with Crippen LogP contribution in [0.3, 0.4) is 0 Å². The molecule has 110 valence electrons. The van der Waals surface area contributed by atoms with Crippen molar-refractivity contribution in [1.82, 2.24) is 4.98 Å². The minimum Gasteiger partial charge on any atom is -0.248 e. The van der Waals surface area contributed by atoms with Gasteiger partial charge in [-0.25, -0.2) is 4.98 Å². The maximum absolute atomic E-state index is 4.87. The first-order valence-electron chi connectivity index (χ1n) is 7.79. The second-order valence-corrected chi connectivity index (χ2v) is 5.99. The molecule has 0 amide bonds. The van der Waals surface area contributed by atoms with Gasteiger partial charge in [0, 0.05) is 0 Å². The topological polar surface area (TPSA) is 12.9 Å². The molecule has 1 rings (SSSR count). The monoisotopic (exact) mass is 271 g/mol. The zero-order chi connectivity index (χ0) is 15.1. The molecule has 0 aromatic carbocycles. The molecule has 0 unspecified atom stereocenters. The number of pyridine rings is 1. The third kappa shape index (κ3) is 4.96. The van der Waals surface area contributed by atoms with Gasteiger partial charge in [0.2, 0.25) is 0 Å². The SMILES string of the molecule is CCCC/C=C(\C)c1nc(/C=C\C(C)C)c(C)cc1C. The van der Waals surface area contributed by atoms with Gasteiger partial charge < -0.3 is 0 Å². The number of nitrogens with zero attached hydrogens (tertiary/aromatic N) is 1. The van der Waals surface area contributed by atoms with Crippen molar-refractivity contribution in [2.45, 2.75) is 60.8 Å². The predicted molar refractivity (Wildman–Crippen MR) is 90.8 cm³/mol. The van der Waals surface area contributed by atoms with Gasteiger partial charge in [-0.1, -0.05) is 51.8 Å². The molecule has 0 fully saturated rings. The Kier molecular flexibility index (Phi) is 6.70. The molecular weight excluding hydrogens is 242 g/mol. The van der Waals surface area contributed by atoms with Gasteiger partial charge in [0.25, 0.3) is 0 Å². The van der Waals surface area contributed by atoms with Crippen molar-refractivity contribution in [3.8, 4) is 0 Å². The zero-order valence-corrected chi connectivity index (χ0v) is 14.0. The molecule has 1 aromatic rings. The van der Waals surface area contributed by atoms with E-state index in [9.17, 15) is 0 Å². The van der Waals surface area contributed by atoms with Gasteiger partial charge >= 0.3 is 0 Å². The Morgan fingerprint density at radius 3 is 2.55 bits per heavy atom. The van der Waals surface area contributed by atoms with Crippen LogP contribution in [0, 0.1) is 19.8 Å². The second kappa shape index (κ2) is 8.04. The van der Waals surface area contributed by atoms with Crippen molar-refractivity contribution >= 4 is 11.6 Å². The van der Waals surface area contributed by atoms with E-state index in [0.717, 1.165) is 17.8 Å². The van der Waals surface area contributed by atoms with E-state index in [1.54, 1.807) is 0 Å². The normalized spacial score (nSPS) is 12.7. The van der Waals surface area contributed by atoms with Crippen LogP contribution in [0.2, 0.25) is 0 Å². The average molecular weight is 271 g/mol. The molecule has 0 atom stereocenters. The van der Waals surface area contributed by atoms with E-state index in [1.807, 2.05) is 0 Å². The molecule has 1 heteroatoms. The van der Waals surface area contributed by atoms with Gasteiger partial charge in [-0.05, 0) is 55.9 Å². The fourth-order valence-electron chi connectivity index (χ4n) is 2.23. The van der Waals surface area contributed by atoms with Crippen LogP contribution in [0.5, 0.6) is 0 Å². The lowest BCUT2D eigenvalue weighted by molar-refractivity contribution is 0.815. The molecule has 20 heavy (non-hydrogen) atoms. The van der Waals surface area contributed by atoms with Crippen molar-refractivity contribution in [3.05, 3.63) is 40.7 Å². The summed E-state index contributed by atoms with van der Waals surface area (Å²) in [6, 6.07) is 2.25. The zero-order valence-electron chi connectivity index (χ0n) is 14.0. The third-order valence-corrected chi connectivity index (χ3v) is 3.46. The summed E-state index contributed by atoms with van der Waals surface area (Å²) in [7, 11) is 0. The summed E-state index contributed by atoms with van der Waals surface area (Å²) in [6.45, 7) is 13.1. The van der Waals surface area contributed by atoms with Crippen LogP contribution in [-0.4, -0.2) is 4.98 Å². The van der Waals surface area contributed by atoms with Gasteiger partial charge in [0.15, 0.2) is 0 Å². The fraction of sp³-hybridized carbons (Fsp3) is 0.526. The Hall–Kier alpha value is -1.37. The Bertz CT molecular complexity index is 493. The number of aromatic nitrogens is 1. The summed E-state index contributed by atoms with van der Waals surface area (Å²) in [5, 5.41) is 0. The maximum Gasteiger partial charge on any atom is 0.0692 e. The molecule has 0 N–H and O–H groups in total. The van der Waals surface area contributed by atoms with Crippen LogP contribution in [0.1, 0.15) is 69.5 Å². The third-order valence-electron chi connectivity index (χ3n) is 3.46. The van der Waals surface area contributed by atoms with Crippen LogP contribution >= 0.6 is 0 Å². The Balaban J connectivity index is 3.08. The van der Waals surface area contributed by atoms with Gasteiger partial charge in [-0.15, -0.1) is 0 Å². The van der Waals surface area contributed by atoms with Crippen LogP contribution in [0.15, 0.2) is 18.2 Å². The molecule has 0 bridgehead atoms. The van der Waals surface area contributed by atoms with Crippen LogP contribution < -0.4 is 0 Å². The van der Waals surface area contributed by atoms with Crippen LogP contribution in [0.25, 0.3) is 11.6 Å².